The molecule has 0 aromatic heterocycles. The van der Waals surface area contributed by atoms with Gasteiger partial charge in [-0.3, -0.25) is 0 Å². The quantitative estimate of drug-likeness (QED) is 0.506. The van der Waals surface area contributed by atoms with Crippen molar-refractivity contribution in [1.82, 2.24) is 0 Å². The molecule has 1 unspecified atom stereocenters. The molecule has 0 radical (unpaired) electrons. The largest absolute Gasteiger partial charge is 0.0988 e. The van der Waals surface area contributed by atoms with E-state index in [1.54, 1.807) is 0 Å². The Bertz CT molecular complexity index is 218. The first-order valence-corrected chi connectivity index (χ1v) is 6.03. The van der Waals surface area contributed by atoms with E-state index in [-0.39, 0.29) is 0 Å². The summed E-state index contributed by atoms with van der Waals surface area (Å²) in [6, 6.07) is 0. The molecule has 0 spiro atoms. The first-order valence-electron chi connectivity index (χ1n) is 6.03. The van der Waals surface area contributed by atoms with Crippen molar-refractivity contribution in [2.75, 3.05) is 0 Å². The fourth-order valence-corrected chi connectivity index (χ4v) is 1.41. The second kappa shape index (κ2) is 8.52. The van der Waals surface area contributed by atoms with E-state index in [2.05, 4.69) is 52.5 Å². The molecule has 0 saturated heterocycles. The molecule has 1 atom stereocenters. The van der Waals surface area contributed by atoms with Gasteiger partial charge in [0, 0.05) is 0 Å². The molecule has 0 fully saturated rings. The predicted octanol–water partition coefficient (Wildman–Crippen LogP) is 5.14. The predicted molar refractivity (Wildman–Crippen MR) is 70.9 cm³/mol. The van der Waals surface area contributed by atoms with E-state index in [0.29, 0.717) is 5.92 Å². The molecule has 0 heteroatoms. The number of allylic oxidation sites excluding steroid dienone is 5. The van der Waals surface area contributed by atoms with Crippen LogP contribution in [-0.2, 0) is 0 Å². The van der Waals surface area contributed by atoms with Crippen LogP contribution >= 0.6 is 0 Å². The first-order chi connectivity index (χ1) is 7.06. The third-order valence-electron chi connectivity index (χ3n) is 2.56. The summed E-state index contributed by atoms with van der Waals surface area (Å²) >= 11 is 0. The molecule has 0 aromatic carbocycles. The minimum atomic E-state index is 0.692. The van der Waals surface area contributed by atoms with E-state index in [0.717, 1.165) is 5.92 Å². The molecule has 0 nitrogen and oxygen atoms in total. The fourth-order valence-electron chi connectivity index (χ4n) is 1.41. The van der Waals surface area contributed by atoms with Crippen LogP contribution in [0.25, 0.3) is 0 Å². The molecule has 0 heterocycles. The molecular formula is C15H26. The van der Waals surface area contributed by atoms with Crippen LogP contribution in [0.1, 0.15) is 47.0 Å². The zero-order valence-corrected chi connectivity index (χ0v) is 10.8. The lowest BCUT2D eigenvalue weighted by Gasteiger charge is -2.07. The van der Waals surface area contributed by atoms with Crippen molar-refractivity contribution in [3.8, 4) is 0 Å². The van der Waals surface area contributed by atoms with Gasteiger partial charge in [0.25, 0.3) is 0 Å². The molecule has 0 saturated carbocycles. The Hall–Kier alpha value is -0.780. The van der Waals surface area contributed by atoms with Crippen LogP contribution in [0.3, 0.4) is 0 Å². The summed E-state index contributed by atoms with van der Waals surface area (Å²) in [4.78, 5) is 0. The van der Waals surface area contributed by atoms with Crippen LogP contribution in [-0.4, -0.2) is 0 Å². The molecule has 15 heavy (non-hydrogen) atoms. The van der Waals surface area contributed by atoms with Gasteiger partial charge in [-0.1, -0.05) is 70.1 Å². The van der Waals surface area contributed by atoms with Gasteiger partial charge in [-0.15, -0.1) is 0 Å². The standard InChI is InChI=1S/C15H26/c1-6-14(4)10-8-12-15(5)11-7-9-13(2)3/h6,8,10,12-13,15H,1,7,9,11H2,2-5H3/b12-8+,14-10+. The van der Waals surface area contributed by atoms with Gasteiger partial charge in [0.05, 0.1) is 0 Å². The van der Waals surface area contributed by atoms with E-state index in [1.807, 2.05) is 6.08 Å². The van der Waals surface area contributed by atoms with Crippen molar-refractivity contribution in [3.63, 3.8) is 0 Å². The summed E-state index contributed by atoms with van der Waals surface area (Å²) in [6.45, 7) is 12.7. The highest BCUT2D eigenvalue weighted by molar-refractivity contribution is 5.19. The van der Waals surface area contributed by atoms with E-state index in [4.69, 9.17) is 0 Å². The lowest BCUT2D eigenvalue weighted by atomic mass is 9.99. The smallest absolute Gasteiger partial charge is 0.0259 e. The van der Waals surface area contributed by atoms with Gasteiger partial charge in [0.1, 0.15) is 0 Å². The summed E-state index contributed by atoms with van der Waals surface area (Å²) in [5, 5.41) is 0. The Labute approximate surface area is 95.8 Å². The summed E-state index contributed by atoms with van der Waals surface area (Å²) in [6.07, 6.45) is 12.4. The topological polar surface area (TPSA) is 0 Å². The molecule has 0 aromatic rings. The maximum Gasteiger partial charge on any atom is -0.0259 e. The Morgan fingerprint density at radius 3 is 2.40 bits per heavy atom. The third-order valence-corrected chi connectivity index (χ3v) is 2.56. The van der Waals surface area contributed by atoms with Gasteiger partial charge >= 0.3 is 0 Å². The first kappa shape index (κ1) is 14.2. The molecule has 0 aliphatic carbocycles. The Balaban J connectivity index is 3.73. The average Bonchev–Trinajstić information content (AvgIpc) is 2.17. The molecule has 0 amide bonds. The Morgan fingerprint density at radius 2 is 1.87 bits per heavy atom. The van der Waals surface area contributed by atoms with Gasteiger partial charge in [0.15, 0.2) is 0 Å². The molecule has 0 aliphatic rings. The minimum Gasteiger partial charge on any atom is -0.0988 e. The zero-order chi connectivity index (χ0) is 11.7. The van der Waals surface area contributed by atoms with Gasteiger partial charge in [-0.2, -0.15) is 0 Å². The van der Waals surface area contributed by atoms with Crippen LogP contribution in [0.5, 0.6) is 0 Å². The zero-order valence-electron chi connectivity index (χ0n) is 10.8. The highest BCUT2D eigenvalue weighted by atomic mass is 14.0. The Morgan fingerprint density at radius 1 is 1.20 bits per heavy atom. The minimum absolute atomic E-state index is 0.692. The van der Waals surface area contributed by atoms with Crippen LogP contribution in [0.2, 0.25) is 0 Å². The molecule has 86 valence electrons. The van der Waals surface area contributed by atoms with Crippen LogP contribution in [0, 0.1) is 11.8 Å². The van der Waals surface area contributed by atoms with E-state index < -0.39 is 0 Å². The lowest BCUT2D eigenvalue weighted by molar-refractivity contribution is 0.502. The van der Waals surface area contributed by atoms with Crippen LogP contribution < -0.4 is 0 Å². The second-order valence-electron chi connectivity index (χ2n) is 4.80. The van der Waals surface area contributed by atoms with Crippen molar-refractivity contribution in [1.29, 1.82) is 0 Å². The summed E-state index contributed by atoms with van der Waals surface area (Å²) in [7, 11) is 0. The fraction of sp³-hybridized carbons (Fsp3) is 0.600. The molecule has 0 rings (SSSR count). The monoisotopic (exact) mass is 206 g/mol. The SMILES string of the molecule is C=C/C(C)=C/C=C/C(C)CCCC(C)C. The van der Waals surface area contributed by atoms with Crippen molar-refractivity contribution in [2.45, 2.75) is 47.0 Å². The number of rotatable bonds is 7. The van der Waals surface area contributed by atoms with Gasteiger partial charge in [0.2, 0.25) is 0 Å². The van der Waals surface area contributed by atoms with Crippen molar-refractivity contribution in [3.05, 3.63) is 36.5 Å². The third kappa shape index (κ3) is 9.52. The molecule has 0 N–H and O–H groups in total. The highest BCUT2D eigenvalue weighted by Crippen LogP contribution is 2.13. The summed E-state index contributed by atoms with van der Waals surface area (Å²) in [5.74, 6) is 1.53. The van der Waals surface area contributed by atoms with Gasteiger partial charge in [-0.05, 0) is 25.2 Å². The summed E-state index contributed by atoms with van der Waals surface area (Å²) < 4.78 is 0. The van der Waals surface area contributed by atoms with Crippen molar-refractivity contribution in [2.24, 2.45) is 11.8 Å². The maximum absolute atomic E-state index is 3.73. The molecular weight excluding hydrogens is 180 g/mol. The molecule has 0 bridgehead atoms. The van der Waals surface area contributed by atoms with E-state index in [9.17, 15) is 0 Å². The van der Waals surface area contributed by atoms with Crippen molar-refractivity contribution >= 4 is 0 Å². The van der Waals surface area contributed by atoms with Gasteiger partial charge in [-0.25, -0.2) is 0 Å². The van der Waals surface area contributed by atoms with Crippen LogP contribution in [0.15, 0.2) is 36.5 Å². The maximum atomic E-state index is 3.73. The van der Waals surface area contributed by atoms with Crippen LogP contribution in [0.4, 0.5) is 0 Å². The highest BCUT2D eigenvalue weighted by Gasteiger charge is 1.98. The lowest BCUT2D eigenvalue weighted by Crippen LogP contribution is -1.92. The van der Waals surface area contributed by atoms with E-state index >= 15 is 0 Å². The van der Waals surface area contributed by atoms with Gasteiger partial charge < -0.3 is 0 Å². The number of hydrogen-bond acceptors (Lipinski definition) is 0. The average molecular weight is 206 g/mol. The second-order valence-corrected chi connectivity index (χ2v) is 4.80. The normalized spacial score (nSPS) is 14.9. The Kier molecular flexibility index (Phi) is 8.08. The van der Waals surface area contributed by atoms with Crippen molar-refractivity contribution < 1.29 is 0 Å². The summed E-state index contributed by atoms with van der Waals surface area (Å²) in [5.41, 5.74) is 1.22. The van der Waals surface area contributed by atoms with E-state index in [1.165, 1.54) is 24.8 Å². The molecule has 0 aliphatic heterocycles. The number of hydrogen-bond donors (Lipinski definition) is 0.